The van der Waals surface area contributed by atoms with Crippen molar-refractivity contribution in [2.24, 2.45) is 0 Å². The number of fused-ring (bicyclic) bond motifs is 1. The average Bonchev–Trinajstić information content (AvgIpc) is 2.84. The predicted molar refractivity (Wildman–Crippen MR) is 77.5 cm³/mol. The summed E-state index contributed by atoms with van der Waals surface area (Å²) in [4.78, 5) is 24.3. The fourth-order valence-corrected chi connectivity index (χ4v) is 2.80. The maximum absolute atomic E-state index is 12.0. The molecule has 2 aromatic rings. The van der Waals surface area contributed by atoms with Crippen LogP contribution in [0.2, 0.25) is 5.22 Å². The van der Waals surface area contributed by atoms with Crippen LogP contribution in [0.15, 0.2) is 39.8 Å². The zero-order valence-corrected chi connectivity index (χ0v) is 11.7. The number of hydrogen-bond acceptors (Lipinski definition) is 4. The van der Waals surface area contributed by atoms with Crippen molar-refractivity contribution in [3.63, 3.8) is 0 Å². The Morgan fingerprint density at radius 1 is 1.40 bits per heavy atom. The summed E-state index contributed by atoms with van der Waals surface area (Å²) in [5.41, 5.74) is 1.54. The van der Waals surface area contributed by atoms with Gasteiger partial charge in [0.1, 0.15) is 0 Å². The number of anilines is 2. The first-order valence-electron chi connectivity index (χ1n) is 5.74. The van der Waals surface area contributed by atoms with E-state index in [1.165, 1.54) is 24.1 Å². The van der Waals surface area contributed by atoms with Gasteiger partial charge in [0.05, 0.1) is 23.3 Å². The normalized spacial score (nSPS) is 13.6. The maximum atomic E-state index is 12.0. The minimum Gasteiger partial charge on any atom is -0.452 e. The number of furan rings is 1. The Bertz CT molecular complexity index is 699. The van der Waals surface area contributed by atoms with Gasteiger partial charge in [0, 0.05) is 10.6 Å². The Balaban J connectivity index is 1.82. The lowest BCUT2D eigenvalue weighted by Crippen LogP contribution is -2.19. The molecule has 0 saturated heterocycles. The van der Waals surface area contributed by atoms with Crippen LogP contribution < -0.4 is 10.6 Å². The largest absolute Gasteiger partial charge is 0.452 e. The second-order valence-electron chi connectivity index (χ2n) is 4.11. The first-order chi connectivity index (χ1) is 9.63. The van der Waals surface area contributed by atoms with E-state index in [1.54, 1.807) is 12.1 Å². The molecule has 0 bridgehead atoms. The Kier molecular flexibility index (Phi) is 3.42. The molecule has 5 nitrogen and oxygen atoms in total. The fourth-order valence-electron chi connectivity index (χ4n) is 1.82. The summed E-state index contributed by atoms with van der Waals surface area (Å²) in [6, 6.07) is 6.83. The number of halogens is 1. The SMILES string of the molecule is O=C1CSc2ccc(NC(=O)c3ccoc3Cl)cc2N1. The molecule has 0 aliphatic carbocycles. The molecule has 1 aliphatic rings. The highest BCUT2D eigenvalue weighted by Gasteiger charge is 2.17. The maximum Gasteiger partial charge on any atom is 0.260 e. The summed E-state index contributed by atoms with van der Waals surface area (Å²) in [6.45, 7) is 0. The Morgan fingerprint density at radius 2 is 2.25 bits per heavy atom. The molecule has 1 aromatic heterocycles. The minimum absolute atomic E-state index is 0.0457. The van der Waals surface area contributed by atoms with Crippen LogP contribution in [0.1, 0.15) is 10.4 Å². The van der Waals surface area contributed by atoms with Crippen LogP contribution in [0.4, 0.5) is 11.4 Å². The number of thioether (sulfide) groups is 1. The van der Waals surface area contributed by atoms with Gasteiger partial charge in [-0.2, -0.15) is 0 Å². The van der Waals surface area contributed by atoms with E-state index in [0.29, 0.717) is 17.1 Å². The fraction of sp³-hybridized carbons (Fsp3) is 0.0769. The van der Waals surface area contributed by atoms with E-state index in [2.05, 4.69) is 10.6 Å². The molecule has 2 amide bonds. The van der Waals surface area contributed by atoms with Crippen LogP contribution in [-0.2, 0) is 4.79 Å². The number of hydrogen-bond donors (Lipinski definition) is 2. The number of nitrogens with one attached hydrogen (secondary N) is 2. The lowest BCUT2D eigenvalue weighted by atomic mass is 10.2. The second-order valence-corrected chi connectivity index (χ2v) is 5.47. The van der Waals surface area contributed by atoms with E-state index >= 15 is 0 Å². The Labute approximate surface area is 123 Å². The van der Waals surface area contributed by atoms with E-state index in [-0.39, 0.29) is 22.6 Å². The third kappa shape index (κ3) is 2.52. The highest BCUT2D eigenvalue weighted by atomic mass is 35.5. The molecule has 2 heterocycles. The van der Waals surface area contributed by atoms with Crippen LogP contribution in [0.3, 0.4) is 0 Å². The van der Waals surface area contributed by atoms with Crippen molar-refractivity contribution < 1.29 is 14.0 Å². The molecule has 0 spiro atoms. The monoisotopic (exact) mass is 308 g/mol. The summed E-state index contributed by atoms with van der Waals surface area (Å²) >= 11 is 7.21. The zero-order valence-electron chi connectivity index (χ0n) is 10.1. The molecular formula is C13H9ClN2O3S. The van der Waals surface area contributed by atoms with Gasteiger partial charge in [-0.25, -0.2) is 0 Å². The first kappa shape index (κ1) is 13.1. The van der Waals surface area contributed by atoms with Crippen LogP contribution in [-0.4, -0.2) is 17.6 Å². The van der Waals surface area contributed by atoms with Gasteiger partial charge >= 0.3 is 0 Å². The third-order valence-electron chi connectivity index (χ3n) is 2.73. The molecule has 0 unspecified atom stereocenters. The number of rotatable bonds is 2. The topological polar surface area (TPSA) is 71.3 Å². The molecule has 1 aliphatic heterocycles. The molecule has 3 rings (SSSR count). The molecule has 1 aromatic carbocycles. The highest BCUT2D eigenvalue weighted by molar-refractivity contribution is 8.00. The van der Waals surface area contributed by atoms with Gasteiger partial charge in [0.15, 0.2) is 0 Å². The van der Waals surface area contributed by atoms with Crippen molar-refractivity contribution >= 4 is 46.6 Å². The van der Waals surface area contributed by atoms with E-state index < -0.39 is 0 Å². The third-order valence-corrected chi connectivity index (χ3v) is 4.10. The minimum atomic E-state index is -0.363. The number of amides is 2. The summed E-state index contributed by atoms with van der Waals surface area (Å²) in [6.07, 6.45) is 1.35. The summed E-state index contributed by atoms with van der Waals surface area (Å²) < 4.78 is 4.87. The highest BCUT2D eigenvalue weighted by Crippen LogP contribution is 2.33. The molecule has 20 heavy (non-hydrogen) atoms. The van der Waals surface area contributed by atoms with Crippen molar-refractivity contribution in [3.8, 4) is 0 Å². The van der Waals surface area contributed by atoms with E-state index in [1.807, 2.05) is 6.07 Å². The molecule has 0 saturated carbocycles. The van der Waals surface area contributed by atoms with Crippen molar-refractivity contribution in [3.05, 3.63) is 41.3 Å². The molecular weight excluding hydrogens is 300 g/mol. The lowest BCUT2D eigenvalue weighted by Gasteiger charge is -2.17. The molecule has 0 radical (unpaired) electrons. The van der Waals surface area contributed by atoms with Gasteiger partial charge in [0.2, 0.25) is 11.1 Å². The smallest absolute Gasteiger partial charge is 0.260 e. The molecule has 102 valence electrons. The summed E-state index contributed by atoms with van der Waals surface area (Å²) in [7, 11) is 0. The van der Waals surface area contributed by atoms with E-state index in [0.717, 1.165) is 4.90 Å². The lowest BCUT2D eigenvalue weighted by molar-refractivity contribution is -0.113. The quantitative estimate of drug-likeness (QED) is 0.893. The van der Waals surface area contributed by atoms with Crippen molar-refractivity contribution in [2.75, 3.05) is 16.4 Å². The Hall–Kier alpha value is -1.92. The second kappa shape index (κ2) is 5.22. The van der Waals surface area contributed by atoms with Gasteiger partial charge in [-0.3, -0.25) is 9.59 Å². The van der Waals surface area contributed by atoms with Gasteiger partial charge in [-0.1, -0.05) is 0 Å². The van der Waals surface area contributed by atoms with E-state index in [4.69, 9.17) is 16.0 Å². The zero-order chi connectivity index (χ0) is 14.1. The van der Waals surface area contributed by atoms with Gasteiger partial charge < -0.3 is 15.1 Å². The van der Waals surface area contributed by atoms with Crippen LogP contribution >= 0.6 is 23.4 Å². The number of carbonyl (C=O) groups excluding carboxylic acids is 2. The predicted octanol–water partition coefficient (Wildman–Crippen LogP) is 3.23. The molecule has 2 N–H and O–H groups in total. The molecule has 7 heteroatoms. The Morgan fingerprint density at radius 3 is 3.00 bits per heavy atom. The van der Waals surface area contributed by atoms with Crippen molar-refractivity contribution in [1.82, 2.24) is 0 Å². The number of benzene rings is 1. The van der Waals surface area contributed by atoms with Crippen molar-refractivity contribution in [1.29, 1.82) is 0 Å². The van der Waals surface area contributed by atoms with Crippen LogP contribution in [0, 0.1) is 0 Å². The molecule has 0 atom stereocenters. The molecule has 0 fully saturated rings. The first-order valence-corrected chi connectivity index (χ1v) is 7.11. The van der Waals surface area contributed by atoms with E-state index in [9.17, 15) is 9.59 Å². The summed E-state index contributed by atoms with van der Waals surface area (Å²) in [5, 5.41) is 5.52. The van der Waals surface area contributed by atoms with Gasteiger partial charge in [0.25, 0.3) is 5.91 Å². The van der Waals surface area contributed by atoms with Gasteiger partial charge in [-0.15, -0.1) is 11.8 Å². The van der Waals surface area contributed by atoms with Crippen molar-refractivity contribution in [2.45, 2.75) is 4.90 Å². The summed E-state index contributed by atoms with van der Waals surface area (Å²) in [5.74, 6) is -0.00841. The number of carbonyl (C=O) groups is 2. The average molecular weight is 309 g/mol. The van der Waals surface area contributed by atoms with Crippen LogP contribution in [0.25, 0.3) is 0 Å². The van der Waals surface area contributed by atoms with Gasteiger partial charge in [-0.05, 0) is 35.9 Å². The standard InChI is InChI=1S/C13H9ClN2O3S/c14-12-8(3-4-19-12)13(18)15-7-1-2-10-9(5-7)16-11(17)6-20-10/h1-5H,6H2,(H,15,18)(H,16,17). The van der Waals surface area contributed by atoms with Crippen LogP contribution in [0.5, 0.6) is 0 Å².